The molecular weight excluding hydrogens is 200 g/mol. The average Bonchev–Trinajstić information content (AvgIpc) is 2.77. The van der Waals surface area contributed by atoms with E-state index in [-0.39, 0.29) is 0 Å². The minimum atomic E-state index is 0.699. The summed E-state index contributed by atoms with van der Waals surface area (Å²) in [6, 6.07) is 8.09. The van der Waals surface area contributed by atoms with Crippen molar-refractivity contribution in [1.82, 2.24) is 9.55 Å². The van der Waals surface area contributed by atoms with Crippen molar-refractivity contribution < 1.29 is 4.79 Å². The molecule has 0 saturated heterocycles. The lowest BCUT2D eigenvalue weighted by Gasteiger charge is -1.98. The maximum absolute atomic E-state index is 10.9. The molecule has 0 amide bonds. The van der Waals surface area contributed by atoms with Gasteiger partial charge in [0.25, 0.3) is 0 Å². The van der Waals surface area contributed by atoms with Crippen LogP contribution in [0.1, 0.15) is 16.1 Å². The maximum atomic E-state index is 10.9. The Morgan fingerprint density at radius 2 is 2.19 bits per heavy atom. The summed E-state index contributed by atoms with van der Waals surface area (Å²) in [5.74, 6) is 0. The van der Waals surface area contributed by atoms with Crippen LogP contribution in [0.2, 0.25) is 0 Å². The van der Waals surface area contributed by atoms with Crippen molar-refractivity contribution in [3.05, 3.63) is 35.5 Å². The van der Waals surface area contributed by atoms with E-state index in [4.69, 9.17) is 0 Å². The molecule has 3 aromatic rings. The number of aryl methyl sites for hydroxylation is 2. The number of aromatic amines is 1. The fraction of sp³-hybridized carbons (Fsp3) is 0.154. The highest BCUT2D eigenvalue weighted by Crippen LogP contribution is 2.28. The molecule has 2 heterocycles. The lowest BCUT2D eigenvalue weighted by molar-refractivity contribution is 0.111. The topological polar surface area (TPSA) is 37.8 Å². The van der Waals surface area contributed by atoms with Gasteiger partial charge in [0.05, 0.1) is 22.2 Å². The van der Waals surface area contributed by atoms with Crippen LogP contribution in [0.3, 0.4) is 0 Å². The molecular formula is C13H12N2O. The number of hydrogen-bond donors (Lipinski definition) is 1. The molecule has 3 nitrogen and oxygen atoms in total. The molecule has 3 heteroatoms. The van der Waals surface area contributed by atoms with Crippen molar-refractivity contribution in [2.24, 2.45) is 7.05 Å². The number of carbonyl (C=O) groups excluding carboxylic acids is 1. The molecule has 0 aliphatic carbocycles. The normalized spacial score (nSPS) is 11.4. The molecule has 2 aromatic heterocycles. The number of para-hydroxylation sites is 1. The van der Waals surface area contributed by atoms with E-state index < -0.39 is 0 Å². The second kappa shape index (κ2) is 2.98. The van der Waals surface area contributed by atoms with Crippen molar-refractivity contribution in [3.63, 3.8) is 0 Å². The monoisotopic (exact) mass is 212 g/mol. The van der Waals surface area contributed by atoms with E-state index in [9.17, 15) is 4.79 Å². The van der Waals surface area contributed by atoms with Gasteiger partial charge in [-0.05, 0) is 18.6 Å². The van der Waals surface area contributed by atoms with Crippen molar-refractivity contribution in [2.75, 3.05) is 0 Å². The Labute approximate surface area is 92.7 Å². The molecule has 0 spiro atoms. The fourth-order valence-electron chi connectivity index (χ4n) is 2.32. The maximum Gasteiger partial charge on any atom is 0.166 e. The summed E-state index contributed by atoms with van der Waals surface area (Å²) in [4.78, 5) is 14.2. The molecule has 80 valence electrons. The van der Waals surface area contributed by atoms with Gasteiger partial charge in [-0.25, -0.2) is 0 Å². The summed E-state index contributed by atoms with van der Waals surface area (Å²) in [5, 5.41) is 1.17. The summed E-state index contributed by atoms with van der Waals surface area (Å²) < 4.78 is 1.93. The number of fused-ring (bicyclic) bond motifs is 3. The quantitative estimate of drug-likeness (QED) is 0.619. The average molecular weight is 212 g/mol. The predicted octanol–water partition coefficient (Wildman–Crippen LogP) is 2.78. The van der Waals surface area contributed by atoms with Crippen LogP contribution in [0.25, 0.3) is 21.9 Å². The summed E-state index contributed by atoms with van der Waals surface area (Å²) in [5.41, 5.74) is 5.20. The SMILES string of the molecule is Cc1cccc2c1[nH]c1cc(C=O)n(C)c12. The third-order valence-corrected chi connectivity index (χ3v) is 3.18. The van der Waals surface area contributed by atoms with Crippen LogP contribution >= 0.6 is 0 Å². The van der Waals surface area contributed by atoms with Crippen LogP contribution < -0.4 is 0 Å². The molecule has 1 aromatic carbocycles. The molecule has 0 aliphatic rings. The van der Waals surface area contributed by atoms with Gasteiger partial charge in [0, 0.05) is 12.4 Å². The Bertz CT molecular complexity index is 703. The number of benzene rings is 1. The van der Waals surface area contributed by atoms with Crippen molar-refractivity contribution in [2.45, 2.75) is 6.92 Å². The number of aldehydes is 1. The van der Waals surface area contributed by atoms with Gasteiger partial charge in [0.15, 0.2) is 6.29 Å². The molecule has 0 unspecified atom stereocenters. The number of nitrogens with one attached hydrogen (secondary N) is 1. The van der Waals surface area contributed by atoms with Crippen molar-refractivity contribution in [3.8, 4) is 0 Å². The number of carbonyl (C=O) groups is 1. The second-order valence-electron chi connectivity index (χ2n) is 4.13. The Balaban J connectivity index is 2.56. The summed E-state index contributed by atoms with van der Waals surface area (Å²) in [7, 11) is 1.92. The molecule has 0 atom stereocenters. The van der Waals surface area contributed by atoms with Crippen LogP contribution in [0.5, 0.6) is 0 Å². The fourth-order valence-corrected chi connectivity index (χ4v) is 2.32. The van der Waals surface area contributed by atoms with Gasteiger partial charge in [-0.2, -0.15) is 0 Å². The van der Waals surface area contributed by atoms with Crippen molar-refractivity contribution >= 4 is 28.2 Å². The summed E-state index contributed by atoms with van der Waals surface area (Å²) >= 11 is 0. The van der Waals surface area contributed by atoms with E-state index in [0.29, 0.717) is 5.69 Å². The lowest BCUT2D eigenvalue weighted by Crippen LogP contribution is -1.93. The zero-order valence-corrected chi connectivity index (χ0v) is 9.24. The van der Waals surface area contributed by atoms with E-state index in [1.54, 1.807) is 0 Å². The zero-order valence-electron chi connectivity index (χ0n) is 9.24. The summed E-state index contributed by atoms with van der Waals surface area (Å²) in [6.07, 6.45) is 0.884. The van der Waals surface area contributed by atoms with E-state index >= 15 is 0 Å². The largest absolute Gasteiger partial charge is 0.353 e. The Hall–Kier alpha value is -2.03. The molecule has 0 fully saturated rings. The highest BCUT2D eigenvalue weighted by molar-refractivity contribution is 6.08. The first-order valence-corrected chi connectivity index (χ1v) is 5.24. The molecule has 3 rings (SSSR count). The number of hydrogen-bond acceptors (Lipinski definition) is 1. The molecule has 16 heavy (non-hydrogen) atoms. The highest BCUT2D eigenvalue weighted by Gasteiger charge is 2.11. The smallest absolute Gasteiger partial charge is 0.166 e. The molecule has 0 radical (unpaired) electrons. The van der Waals surface area contributed by atoms with Gasteiger partial charge in [-0.1, -0.05) is 18.2 Å². The Morgan fingerprint density at radius 3 is 2.94 bits per heavy atom. The van der Waals surface area contributed by atoms with Crippen LogP contribution in [0.15, 0.2) is 24.3 Å². The highest BCUT2D eigenvalue weighted by atomic mass is 16.1. The lowest BCUT2D eigenvalue weighted by atomic mass is 10.1. The van der Waals surface area contributed by atoms with Crippen LogP contribution in [0.4, 0.5) is 0 Å². The van der Waals surface area contributed by atoms with Gasteiger partial charge >= 0.3 is 0 Å². The van der Waals surface area contributed by atoms with Gasteiger partial charge in [-0.15, -0.1) is 0 Å². The van der Waals surface area contributed by atoms with Crippen LogP contribution in [-0.2, 0) is 7.05 Å². The van der Waals surface area contributed by atoms with E-state index in [0.717, 1.165) is 22.8 Å². The standard InChI is InChI=1S/C13H12N2O/c1-8-4-3-5-10-12(8)14-11-6-9(7-16)15(2)13(10)11/h3-7,14H,1-2H3. The van der Waals surface area contributed by atoms with E-state index in [1.165, 1.54) is 10.9 Å². The van der Waals surface area contributed by atoms with Gasteiger partial charge in [0.1, 0.15) is 0 Å². The van der Waals surface area contributed by atoms with Gasteiger partial charge < -0.3 is 9.55 Å². The first-order valence-electron chi connectivity index (χ1n) is 5.24. The van der Waals surface area contributed by atoms with E-state index in [2.05, 4.69) is 24.0 Å². The minimum absolute atomic E-state index is 0.699. The third kappa shape index (κ3) is 0.999. The Kier molecular flexibility index (Phi) is 1.72. The number of aromatic nitrogens is 2. The molecule has 0 saturated carbocycles. The zero-order chi connectivity index (χ0) is 11.3. The van der Waals surface area contributed by atoms with Crippen LogP contribution in [0, 0.1) is 6.92 Å². The Morgan fingerprint density at radius 1 is 1.38 bits per heavy atom. The first-order chi connectivity index (χ1) is 7.72. The second-order valence-corrected chi connectivity index (χ2v) is 4.13. The van der Waals surface area contributed by atoms with Crippen molar-refractivity contribution in [1.29, 1.82) is 0 Å². The van der Waals surface area contributed by atoms with Crippen LogP contribution in [-0.4, -0.2) is 15.8 Å². The third-order valence-electron chi connectivity index (χ3n) is 3.18. The molecule has 0 bridgehead atoms. The van der Waals surface area contributed by atoms with Gasteiger partial charge in [-0.3, -0.25) is 4.79 Å². The number of rotatable bonds is 1. The molecule has 1 N–H and O–H groups in total. The summed E-state index contributed by atoms with van der Waals surface area (Å²) in [6.45, 7) is 2.08. The van der Waals surface area contributed by atoms with E-state index in [1.807, 2.05) is 23.7 Å². The minimum Gasteiger partial charge on any atom is -0.353 e. The number of H-pyrrole nitrogens is 1. The first kappa shape index (κ1) is 9.21. The molecule has 0 aliphatic heterocycles. The predicted molar refractivity (Wildman–Crippen MR) is 64.9 cm³/mol. The number of nitrogens with zero attached hydrogens (tertiary/aromatic N) is 1. The van der Waals surface area contributed by atoms with Gasteiger partial charge in [0.2, 0.25) is 0 Å².